The maximum absolute atomic E-state index is 5.90. The lowest BCUT2D eigenvalue weighted by molar-refractivity contribution is 0.387. The summed E-state index contributed by atoms with van der Waals surface area (Å²) >= 11 is 0. The van der Waals surface area contributed by atoms with Crippen molar-refractivity contribution in [1.29, 1.82) is 0 Å². The molecule has 0 fully saturated rings. The number of hydrogen-bond acceptors (Lipinski definition) is 4. The summed E-state index contributed by atoms with van der Waals surface area (Å²) in [6, 6.07) is 9.47. The van der Waals surface area contributed by atoms with E-state index in [4.69, 9.17) is 14.2 Å². The zero-order chi connectivity index (χ0) is 14.5. The lowest BCUT2D eigenvalue weighted by Crippen LogP contribution is -1.99. The van der Waals surface area contributed by atoms with E-state index < -0.39 is 0 Å². The number of benzene rings is 1. The van der Waals surface area contributed by atoms with Gasteiger partial charge in [-0.15, -0.1) is 0 Å². The van der Waals surface area contributed by atoms with Crippen molar-refractivity contribution >= 4 is 0 Å². The van der Waals surface area contributed by atoms with Gasteiger partial charge in [0.25, 0.3) is 0 Å². The number of ether oxygens (including phenoxy) is 3. The van der Waals surface area contributed by atoms with Gasteiger partial charge in [-0.3, -0.25) is 0 Å². The van der Waals surface area contributed by atoms with Crippen LogP contribution in [0.25, 0.3) is 0 Å². The van der Waals surface area contributed by atoms with Gasteiger partial charge in [-0.05, 0) is 31.5 Å². The van der Waals surface area contributed by atoms with Crippen molar-refractivity contribution in [2.75, 3.05) is 14.2 Å². The van der Waals surface area contributed by atoms with Crippen molar-refractivity contribution in [2.45, 2.75) is 20.3 Å². The first kappa shape index (κ1) is 14.2. The first-order valence-electron chi connectivity index (χ1n) is 6.54. The van der Waals surface area contributed by atoms with Crippen LogP contribution >= 0.6 is 0 Å². The van der Waals surface area contributed by atoms with Gasteiger partial charge < -0.3 is 14.2 Å². The molecule has 1 aromatic carbocycles. The van der Waals surface area contributed by atoms with Crippen LogP contribution in [-0.2, 0) is 6.42 Å². The molecular formula is C16H19NO3. The monoisotopic (exact) mass is 273 g/mol. The van der Waals surface area contributed by atoms with Crippen LogP contribution in [-0.4, -0.2) is 19.2 Å². The van der Waals surface area contributed by atoms with Crippen molar-refractivity contribution in [3.05, 3.63) is 41.6 Å². The van der Waals surface area contributed by atoms with E-state index in [1.807, 2.05) is 37.3 Å². The average Bonchev–Trinajstić information content (AvgIpc) is 2.49. The summed E-state index contributed by atoms with van der Waals surface area (Å²) in [5.41, 5.74) is 1.82. The number of pyridine rings is 1. The van der Waals surface area contributed by atoms with E-state index in [2.05, 4.69) is 11.9 Å². The molecule has 0 aliphatic heterocycles. The third kappa shape index (κ3) is 3.02. The molecule has 0 aliphatic carbocycles. The Labute approximate surface area is 119 Å². The number of nitrogens with zero attached hydrogens (tertiary/aromatic N) is 1. The molecule has 0 spiro atoms. The molecule has 0 aliphatic rings. The molecule has 4 heteroatoms. The fourth-order valence-electron chi connectivity index (χ4n) is 1.93. The molecule has 0 atom stereocenters. The summed E-state index contributed by atoms with van der Waals surface area (Å²) in [5.74, 6) is 2.87. The highest BCUT2D eigenvalue weighted by molar-refractivity contribution is 5.42. The third-order valence-corrected chi connectivity index (χ3v) is 3.05. The van der Waals surface area contributed by atoms with E-state index >= 15 is 0 Å². The Hall–Kier alpha value is -2.23. The van der Waals surface area contributed by atoms with Crippen LogP contribution in [0.15, 0.2) is 30.3 Å². The number of hydrogen-bond donors (Lipinski definition) is 0. The molecule has 0 N–H and O–H groups in total. The molecule has 1 aromatic heterocycles. The fraction of sp³-hybridized carbons (Fsp3) is 0.312. The van der Waals surface area contributed by atoms with Gasteiger partial charge in [-0.1, -0.05) is 13.0 Å². The van der Waals surface area contributed by atoms with Crippen molar-refractivity contribution < 1.29 is 14.2 Å². The number of aromatic nitrogens is 1. The topological polar surface area (TPSA) is 40.6 Å². The van der Waals surface area contributed by atoms with E-state index in [1.54, 1.807) is 14.2 Å². The second kappa shape index (κ2) is 6.28. The van der Waals surface area contributed by atoms with Crippen molar-refractivity contribution in [2.24, 2.45) is 0 Å². The van der Waals surface area contributed by atoms with Gasteiger partial charge in [0.2, 0.25) is 5.88 Å². The van der Waals surface area contributed by atoms with E-state index in [-0.39, 0.29) is 0 Å². The lowest BCUT2D eigenvalue weighted by atomic mass is 10.2. The van der Waals surface area contributed by atoms with Gasteiger partial charge in [-0.25, -0.2) is 4.98 Å². The van der Waals surface area contributed by atoms with E-state index in [0.29, 0.717) is 5.88 Å². The van der Waals surface area contributed by atoms with Crippen LogP contribution in [0.1, 0.15) is 18.2 Å². The Morgan fingerprint density at radius 1 is 1.05 bits per heavy atom. The second-order valence-corrected chi connectivity index (χ2v) is 4.37. The minimum Gasteiger partial charge on any atom is -0.497 e. The highest BCUT2D eigenvalue weighted by Crippen LogP contribution is 2.30. The van der Waals surface area contributed by atoms with Crippen molar-refractivity contribution in [1.82, 2.24) is 4.98 Å². The van der Waals surface area contributed by atoms with E-state index in [0.717, 1.165) is 34.9 Å². The zero-order valence-electron chi connectivity index (χ0n) is 12.3. The van der Waals surface area contributed by atoms with Crippen LogP contribution in [0.2, 0.25) is 0 Å². The Morgan fingerprint density at radius 2 is 1.80 bits per heavy atom. The summed E-state index contributed by atoms with van der Waals surface area (Å²) in [5, 5.41) is 0. The van der Waals surface area contributed by atoms with Crippen molar-refractivity contribution in [3.63, 3.8) is 0 Å². The molecule has 20 heavy (non-hydrogen) atoms. The fourth-order valence-corrected chi connectivity index (χ4v) is 1.93. The predicted molar refractivity (Wildman–Crippen MR) is 78.0 cm³/mol. The van der Waals surface area contributed by atoms with Gasteiger partial charge in [0.05, 0.1) is 19.9 Å². The van der Waals surface area contributed by atoms with Crippen LogP contribution in [0.5, 0.6) is 23.1 Å². The summed E-state index contributed by atoms with van der Waals surface area (Å²) in [6.07, 6.45) is 0.838. The molecule has 0 saturated carbocycles. The third-order valence-electron chi connectivity index (χ3n) is 3.05. The van der Waals surface area contributed by atoms with Crippen LogP contribution in [0, 0.1) is 6.92 Å². The minimum absolute atomic E-state index is 0.656. The summed E-state index contributed by atoms with van der Waals surface area (Å²) in [7, 11) is 3.26. The molecule has 4 nitrogen and oxygen atoms in total. The standard InChI is InChI=1S/C16H19NO3/c1-5-12-9-15(11(2)17-16(12)19-4)20-14-8-6-7-13(10-14)18-3/h6-10H,5H2,1-4H3. The Balaban J connectivity index is 2.32. The molecule has 106 valence electrons. The highest BCUT2D eigenvalue weighted by atomic mass is 16.5. The van der Waals surface area contributed by atoms with Gasteiger partial charge in [-0.2, -0.15) is 0 Å². The zero-order valence-corrected chi connectivity index (χ0v) is 12.3. The van der Waals surface area contributed by atoms with Gasteiger partial charge in [0.15, 0.2) is 0 Å². The van der Waals surface area contributed by atoms with Gasteiger partial charge >= 0.3 is 0 Å². The second-order valence-electron chi connectivity index (χ2n) is 4.37. The lowest BCUT2D eigenvalue weighted by Gasteiger charge is -2.13. The maximum atomic E-state index is 5.90. The summed E-state index contributed by atoms with van der Waals surface area (Å²) in [4.78, 5) is 4.42. The Kier molecular flexibility index (Phi) is 4.45. The van der Waals surface area contributed by atoms with E-state index in [1.165, 1.54) is 0 Å². The SMILES string of the molecule is CCc1cc(Oc2cccc(OC)c2)c(C)nc1OC. The molecular weight excluding hydrogens is 254 g/mol. The molecule has 0 radical (unpaired) electrons. The molecule has 0 bridgehead atoms. The highest BCUT2D eigenvalue weighted by Gasteiger charge is 2.10. The first-order valence-corrected chi connectivity index (χ1v) is 6.54. The Morgan fingerprint density at radius 3 is 2.45 bits per heavy atom. The van der Waals surface area contributed by atoms with Gasteiger partial charge in [0, 0.05) is 11.6 Å². The maximum Gasteiger partial charge on any atom is 0.216 e. The molecule has 2 aromatic rings. The number of aryl methyl sites for hydroxylation is 2. The summed E-state index contributed by atoms with van der Waals surface area (Å²) in [6.45, 7) is 3.96. The average molecular weight is 273 g/mol. The minimum atomic E-state index is 0.656. The van der Waals surface area contributed by atoms with E-state index in [9.17, 15) is 0 Å². The largest absolute Gasteiger partial charge is 0.497 e. The molecule has 1 heterocycles. The van der Waals surface area contributed by atoms with Gasteiger partial charge in [0.1, 0.15) is 17.2 Å². The quantitative estimate of drug-likeness (QED) is 0.831. The molecule has 0 amide bonds. The smallest absolute Gasteiger partial charge is 0.216 e. The first-order chi connectivity index (χ1) is 9.67. The molecule has 0 saturated heterocycles. The normalized spacial score (nSPS) is 10.2. The summed E-state index contributed by atoms with van der Waals surface area (Å²) < 4.78 is 16.4. The Bertz CT molecular complexity index is 596. The molecule has 0 unspecified atom stereocenters. The molecule has 2 rings (SSSR count). The number of rotatable bonds is 5. The van der Waals surface area contributed by atoms with Crippen LogP contribution < -0.4 is 14.2 Å². The number of methoxy groups -OCH3 is 2. The van der Waals surface area contributed by atoms with Crippen LogP contribution in [0.4, 0.5) is 0 Å². The van der Waals surface area contributed by atoms with Crippen LogP contribution in [0.3, 0.4) is 0 Å². The van der Waals surface area contributed by atoms with Crippen molar-refractivity contribution in [3.8, 4) is 23.1 Å². The predicted octanol–water partition coefficient (Wildman–Crippen LogP) is 3.76.